The normalized spacial score (nSPS) is 11.8. The average Bonchev–Trinajstić information content (AvgIpc) is 2.39. The summed E-state index contributed by atoms with van der Waals surface area (Å²) >= 11 is 0. The van der Waals surface area contributed by atoms with E-state index in [0.717, 1.165) is 12.1 Å². The summed E-state index contributed by atoms with van der Waals surface area (Å²) in [5.41, 5.74) is 1.10. The van der Waals surface area contributed by atoms with Gasteiger partial charge in [-0.1, -0.05) is 6.07 Å². The predicted molar refractivity (Wildman–Crippen MR) is 74.5 cm³/mol. The lowest BCUT2D eigenvalue weighted by molar-refractivity contribution is -0.135. The molecule has 0 fully saturated rings. The van der Waals surface area contributed by atoms with E-state index in [4.69, 9.17) is 9.47 Å². The van der Waals surface area contributed by atoms with Crippen molar-refractivity contribution in [3.63, 3.8) is 0 Å². The van der Waals surface area contributed by atoms with Crippen LogP contribution in [0.2, 0.25) is 0 Å². The van der Waals surface area contributed by atoms with Crippen LogP contribution < -0.4 is 14.8 Å². The van der Waals surface area contributed by atoms with Crippen molar-refractivity contribution >= 4 is 5.91 Å². The number of nitrogens with zero attached hydrogens (tertiary/aromatic N) is 1. The molecule has 0 radical (unpaired) electrons. The first kappa shape index (κ1) is 15.3. The molecule has 0 aliphatic carbocycles. The van der Waals surface area contributed by atoms with E-state index >= 15 is 0 Å². The van der Waals surface area contributed by atoms with Crippen LogP contribution in [0.4, 0.5) is 0 Å². The van der Waals surface area contributed by atoms with E-state index in [1.165, 1.54) is 4.90 Å². The van der Waals surface area contributed by atoms with Crippen molar-refractivity contribution in [3.8, 4) is 11.5 Å². The fourth-order valence-electron chi connectivity index (χ4n) is 1.73. The summed E-state index contributed by atoms with van der Waals surface area (Å²) in [7, 11) is 6.88. The van der Waals surface area contributed by atoms with E-state index in [2.05, 4.69) is 5.32 Å². The summed E-state index contributed by atoms with van der Waals surface area (Å²) in [5, 5.41) is 3.07. The number of carbonyl (C=O) groups excluding carboxylic acids is 1. The summed E-state index contributed by atoms with van der Waals surface area (Å²) in [6.45, 7) is 2.48. The highest BCUT2D eigenvalue weighted by Gasteiger charge is 2.18. The smallest absolute Gasteiger partial charge is 0.262 e. The molecule has 106 valence electrons. The van der Waals surface area contributed by atoms with Gasteiger partial charge in [0.2, 0.25) is 0 Å². The molecule has 5 nitrogen and oxygen atoms in total. The van der Waals surface area contributed by atoms with Gasteiger partial charge in [0.1, 0.15) is 0 Å². The third-order valence-corrected chi connectivity index (χ3v) is 2.70. The van der Waals surface area contributed by atoms with Crippen molar-refractivity contribution in [2.75, 3.05) is 28.3 Å². The second-order valence-corrected chi connectivity index (χ2v) is 4.51. The van der Waals surface area contributed by atoms with Gasteiger partial charge in [-0.05, 0) is 31.7 Å². The van der Waals surface area contributed by atoms with E-state index in [1.807, 2.05) is 25.2 Å². The molecule has 0 heterocycles. The maximum Gasteiger partial charge on any atom is 0.262 e. The minimum Gasteiger partial charge on any atom is -0.493 e. The Morgan fingerprint density at radius 3 is 2.58 bits per heavy atom. The van der Waals surface area contributed by atoms with Crippen molar-refractivity contribution < 1.29 is 14.3 Å². The molecule has 1 aromatic carbocycles. The topological polar surface area (TPSA) is 50.8 Å². The van der Waals surface area contributed by atoms with Gasteiger partial charge in [0, 0.05) is 20.6 Å². The Morgan fingerprint density at radius 1 is 1.37 bits per heavy atom. The predicted octanol–water partition coefficient (Wildman–Crippen LogP) is 1.27. The van der Waals surface area contributed by atoms with Gasteiger partial charge >= 0.3 is 0 Å². The van der Waals surface area contributed by atoms with Gasteiger partial charge in [-0.3, -0.25) is 4.79 Å². The Labute approximate surface area is 114 Å². The van der Waals surface area contributed by atoms with Crippen molar-refractivity contribution in [1.82, 2.24) is 10.2 Å². The Bertz CT molecular complexity index is 433. The van der Waals surface area contributed by atoms with Crippen LogP contribution >= 0.6 is 0 Å². The van der Waals surface area contributed by atoms with Crippen LogP contribution in [0, 0.1) is 0 Å². The van der Waals surface area contributed by atoms with Crippen LogP contribution in [0.15, 0.2) is 18.2 Å². The van der Waals surface area contributed by atoms with Crippen LogP contribution in [0.25, 0.3) is 0 Å². The van der Waals surface area contributed by atoms with Crippen LogP contribution in [-0.2, 0) is 11.3 Å². The molecule has 1 amide bonds. The fraction of sp³-hybridized carbons (Fsp3) is 0.500. The summed E-state index contributed by atoms with van der Waals surface area (Å²) in [6, 6.07) is 5.67. The minimum absolute atomic E-state index is 0.0821. The summed E-state index contributed by atoms with van der Waals surface area (Å²) in [6.07, 6.45) is -0.543. The molecule has 1 aromatic rings. The number of carbonyl (C=O) groups is 1. The number of methoxy groups -OCH3 is 1. The van der Waals surface area contributed by atoms with Crippen LogP contribution in [0.1, 0.15) is 12.5 Å². The van der Waals surface area contributed by atoms with Crippen LogP contribution in [-0.4, -0.2) is 45.2 Å². The molecular weight excluding hydrogens is 244 g/mol. The molecule has 0 aliphatic heterocycles. The van der Waals surface area contributed by atoms with Crippen molar-refractivity contribution in [2.24, 2.45) is 0 Å². The number of ether oxygens (including phenoxy) is 2. The molecule has 0 saturated heterocycles. The molecule has 0 spiro atoms. The molecule has 0 bridgehead atoms. The van der Waals surface area contributed by atoms with Crippen LogP contribution in [0.3, 0.4) is 0 Å². The molecule has 1 rings (SSSR count). The van der Waals surface area contributed by atoms with E-state index in [1.54, 1.807) is 28.1 Å². The van der Waals surface area contributed by atoms with E-state index in [-0.39, 0.29) is 5.91 Å². The quantitative estimate of drug-likeness (QED) is 0.842. The molecule has 1 N–H and O–H groups in total. The molecule has 0 aromatic heterocycles. The first-order valence-corrected chi connectivity index (χ1v) is 6.19. The van der Waals surface area contributed by atoms with E-state index in [9.17, 15) is 4.79 Å². The number of rotatable bonds is 6. The van der Waals surface area contributed by atoms with Gasteiger partial charge in [0.15, 0.2) is 17.6 Å². The molecule has 5 heteroatoms. The molecule has 0 saturated carbocycles. The van der Waals surface area contributed by atoms with Gasteiger partial charge in [-0.2, -0.15) is 0 Å². The zero-order valence-corrected chi connectivity index (χ0v) is 12.2. The molecule has 1 atom stereocenters. The van der Waals surface area contributed by atoms with Crippen molar-refractivity contribution in [3.05, 3.63) is 23.8 Å². The van der Waals surface area contributed by atoms with Crippen molar-refractivity contribution in [1.29, 1.82) is 0 Å². The number of hydrogen-bond acceptors (Lipinski definition) is 4. The number of nitrogens with one attached hydrogen (secondary N) is 1. The number of likely N-dealkylation sites (N-methyl/N-ethyl adjacent to an activating group) is 1. The van der Waals surface area contributed by atoms with Crippen LogP contribution in [0.5, 0.6) is 11.5 Å². The summed E-state index contributed by atoms with van der Waals surface area (Å²) in [4.78, 5) is 13.3. The first-order valence-electron chi connectivity index (χ1n) is 6.19. The number of amides is 1. The average molecular weight is 266 g/mol. The van der Waals surface area contributed by atoms with Gasteiger partial charge in [0.25, 0.3) is 5.91 Å². The zero-order chi connectivity index (χ0) is 14.4. The monoisotopic (exact) mass is 266 g/mol. The fourth-order valence-corrected chi connectivity index (χ4v) is 1.73. The third-order valence-electron chi connectivity index (χ3n) is 2.70. The lowest BCUT2D eigenvalue weighted by atomic mass is 10.2. The Balaban J connectivity index is 2.86. The SMILES string of the molecule is CNCc1ccc(OC(C)C(=O)N(C)C)c(OC)c1. The van der Waals surface area contributed by atoms with Gasteiger partial charge in [0.05, 0.1) is 7.11 Å². The highest BCUT2D eigenvalue weighted by atomic mass is 16.5. The second kappa shape index (κ2) is 6.99. The maximum atomic E-state index is 11.8. The Morgan fingerprint density at radius 2 is 2.05 bits per heavy atom. The highest BCUT2D eigenvalue weighted by molar-refractivity contribution is 5.80. The maximum absolute atomic E-state index is 11.8. The van der Waals surface area contributed by atoms with Gasteiger partial charge < -0.3 is 19.7 Å². The van der Waals surface area contributed by atoms with Gasteiger partial charge in [-0.25, -0.2) is 0 Å². The summed E-state index contributed by atoms with van der Waals surface area (Å²) < 4.78 is 11.0. The summed E-state index contributed by atoms with van der Waals surface area (Å²) in [5.74, 6) is 1.12. The molecule has 1 unspecified atom stereocenters. The number of benzene rings is 1. The minimum atomic E-state index is -0.543. The Hall–Kier alpha value is -1.75. The number of hydrogen-bond donors (Lipinski definition) is 1. The zero-order valence-electron chi connectivity index (χ0n) is 12.2. The molecule has 0 aliphatic rings. The lowest BCUT2D eigenvalue weighted by Gasteiger charge is -2.20. The second-order valence-electron chi connectivity index (χ2n) is 4.51. The largest absolute Gasteiger partial charge is 0.493 e. The van der Waals surface area contributed by atoms with E-state index in [0.29, 0.717) is 11.5 Å². The first-order chi connectivity index (χ1) is 8.99. The van der Waals surface area contributed by atoms with Crippen molar-refractivity contribution in [2.45, 2.75) is 19.6 Å². The highest BCUT2D eigenvalue weighted by Crippen LogP contribution is 2.29. The Kier molecular flexibility index (Phi) is 5.63. The van der Waals surface area contributed by atoms with E-state index < -0.39 is 6.10 Å². The third kappa shape index (κ3) is 4.13. The lowest BCUT2D eigenvalue weighted by Crippen LogP contribution is -2.35. The standard InChI is InChI=1S/C14H22N2O3/c1-10(14(17)16(3)4)19-12-7-6-11(9-15-2)8-13(12)18-5/h6-8,10,15H,9H2,1-5H3. The molecule has 19 heavy (non-hydrogen) atoms. The van der Waals surface area contributed by atoms with Gasteiger partial charge in [-0.15, -0.1) is 0 Å². The molecular formula is C14H22N2O3.